The summed E-state index contributed by atoms with van der Waals surface area (Å²) in [5.41, 5.74) is 4.80. The summed E-state index contributed by atoms with van der Waals surface area (Å²) in [4.78, 5) is 4.00. The molecule has 0 aromatic carbocycles. The van der Waals surface area contributed by atoms with Crippen LogP contribution in [0.5, 0.6) is 0 Å². The molecule has 112 valence electrons. The van der Waals surface area contributed by atoms with Gasteiger partial charge in [-0.1, -0.05) is 24.4 Å². The Bertz CT molecular complexity index is 591. The third kappa shape index (κ3) is 3.26. The number of aromatic nitrogens is 3. The molecule has 3 rings (SSSR count). The molecule has 1 saturated carbocycles. The van der Waals surface area contributed by atoms with Crippen molar-refractivity contribution < 1.29 is 0 Å². The molecular formula is C15H20ClN5. The van der Waals surface area contributed by atoms with Crippen LogP contribution in [-0.4, -0.2) is 14.8 Å². The van der Waals surface area contributed by atoms with Crippen LogP contribution in [0, 0.1) is 0 Å². The van der Waals surface area contributed by atoms with Gasteiger partial charge in [-0.25, -0.2) is 0 Å². The zero-order chi connectivity index (χ0) is 14.7. The highest BCUT2D eigenvalue weighted by Gasteiger charge is 2.19. The summed E-state index contributed by atoms with van der Waals surface area (Å²) in [6.45, 7) is 0. The van der Waals surface area contributed by atoms with Crippen LogP contribution in [0.1, 0.15) is 49.0 Å². The first-order valence-electron chi connectivity index (χ1n) is 7.37. The van der Waals surface area contributed by atoms with Crippen molar-refractivity contribution in [3.05, 3.63) is 47.0 Å². The Morgan fingerprint density at radius 2 is 2.19 bits per heavy atom. The highest BCUT2D eigenvalue weighted by molar-refractivity contribution is 6.31. The van der Waals surface area contributed by atoms with E-state index in [4.69, 9.17) is 22.5 Å². The van der Waals surface area contributed by atoms with Gasteiger partial charge >= 0.3 is 0 Å². The Morgan fingerprint density at radius 1 is 1.38 bits per heavy atom. The van der Waals surface area contributed by atoms with Gasteiger partial charge in [0.05, 0.1) is 22.8 Å². The zero-order valence-corrected chi connectivity index (χ0v) is 12.6. The van der Waals surface area contributed by atoms with Gasteiger partial charge in [-0.15, -0.1) is 0 Å². The Morgan fingerprint density at radius 3 is 2.90 bits per heavy atom. The molecule has 2 aromatic rings. The second kappa shape index (κ2) is 6.56. The molecule has 5 nitrogen and oxygen atoms in total. The summed E-state index contributed by atoms with van der Waals surface area (Å²) >= 11 is 6.19. The molecule has 0 aliphatic heterocycles. The van der Waals surface area contributed by atoms with Crippen LogP contribution in [0.15, 0.2) is 30.7 Å². The standard InChI is InChI=1S/C15H20ClN5/c16-14-10-18-7-5-13(14)15(19-17)9-11-6-8-21(20-11)12-3-1-2-4-12/h5-8,10,12,15,19H,1-4,9,17H2. The number of hydrazine groups is 1. The largest absolute Gasteiger partial charge is 0.271 e. The highest BCUT2D eigenvalue weighted by Crippen LogP contribution is 2.29. The SMILES string of the molecule is NNC(Cc1ccn(C2CCCC2)n1)c1ccncc1Cl. The molecule has 1 aliphatic rings. The lowest BCUT2D eigenvalue weighted by Gasteiger charge is -2.16. The van der Waals surface area contributed by atoms with Crippen LogP contribution >= 0.6 is 11.6 Å². The van der Waals surface area contributed by atoms with Gasteiger partial charge in [-0.2, -0.15) is 5.10 Å². The van der Waals surface area contributed by atoms with E-state index in [9.17, 15) is 0 Å². The number of nitrogens with one attached hydrogen (secondary N) is 1. The van der Waals surface area contributed by atoms with Gasteiger partial charge < -0.3 is 0 Å². The van der Waals surface area contributed by atoms with Crippen LogP contribution in [0.2, 0.25) is 5.02 Å². The molecule has 0 amide bonds. The fraction of sp³-hybridized carbons (Fsp3) is 0.467. The lowest BCUT2D eigenvalue weighted by Crippen LogP contribution is -2.30. The zero-order valence-electron chi connectivity index (χ0n) is 11.9. The molecule has 6 heteroatoms. The van der Waals surface area contributed by atoms with E-state index in [1.807, 2.05) is 6.07 Å². The smallest absolute Gasteiger partial charge is 0.0644 e. The predicted molar refractivity (Wildman–Crippen MR) is 82.7 cm³/mol. The predicted octanol–water partition coefficient (Wildman–Crippen LogP) is 2.79. The molecule has 0 bridgehead atoms. The van der Waals surface area contributed by atoms with E-state index in [2.05, 4.69) is 27.4 Å². The molecule has 0 spiro atoms. The number of nitrogens with zero attached hydrogens (tertiary/aromatic N) is 3. The minimum Gasteiger partial charge on any atom is -0.271 e. The van der Waals surface area contributed by atoms with Crippen molar-refractivity contribution in [3.8, 4) is 0 Å². The molecule has 21 heavy (non-hydrogen) atoms. The van der Waals surface area contributed by atoms with Crippen LogP contribution in [0.25, 0.3) is 0 Å². The fourth-order valence-electron chi connectivity index (χ4n) is 2.99. The van der Waals surface area contributed by atoms with Crippen molar-refractivity contribution in [3.63, 3.8) is 0 Å². The first kappa shape index (κ1) is 14.5. The maximum atomic E-state index is 6.19. The summed E-state index contributed by atoms with van der Waals surface area (Å²) in [6.07, 6.45) is 11.2. The van der Waals surface area contributed by atoms with Crippen molar-refractivity contribution in [2.24, 2.45) is 5.84 Å². The lowest BCUT2D eigenvalue weighted by atomic mass is 10.0. The summed E-state index contributed by atoms with van der Waals surface area (Å²) in [7, 11) is 0. The highest BCUT2D eigenvalue weighted by atomic mass is 35.5. The van der Waals surface area contributed by atoms with Crippen LogP contribution in [0.3, 0.4) is 0 Å². The molecule has 0 saturated heterocycles. The second-order valence-electron chi connectivity index (χ2n) is 5.55. The summed E-state index contributed by atoms with van der Waals surface area (Å²) in [5, 5.41) is 5.32. The lowest BCUT2D eigenvalue weighted by molar-refractivity contribution is 0.457. The van der Waals surface area contributed by atoms with E-state index in [1.54, 1.807) is 12.4 Å². The minimum atomic E-state index is -0.0626. The van der Waals surface area contributed by atoms with Crippen LogP contribution < -0.4 is 11.3 Å². The average molecular weight is 306 g/mol. The molecule has 2 heterocycles. The first-order valence-corrected chi connectivity index (χ1v) is 7.75. The number of rotatable bonds is 5. The Labute approximate surface area is 129 Å². The molecule has 1 aliphatic carbocycles. The third-order valence-electron chi connectivity index (χ3n) is 4.16. The third-order valence-corrected chi connectivity index (χ3v) is 4.47. The topological polar surface area (TPSA) is 68.8 Å². The molecule has 3 N–H and O–H groups in total. The van der Waals surface area contributed by atoms with Crippen molar-refractivity contribution in [1.29, 1.82) is 0 Å². The molecule has 1 atom stereocenters. The fourth-order valence-corrected chi connectivity index (χ4v) is 3.25. The van der Waals surface area contributed by atoms with E-state index >= 15 is 0 Å². The maximum absolute atomic E-state index is 6.19. The Kier molecular flexibility index (Phi) is 4.53. The van der Waals surface area contributed by atoms with E-state index in [1.165, 1.54) is 25.7 Å². The summed E-state index contributed by atoms with van der Waals surface area (Å²) in [6, 6.07) is 4.46. The van der Waals surface area contributed by atoms with E-state index in [0.29, 0.717) is 17.5 Å². The quantitative estimate of drug-likeness (QED) is 0.658. The summed E-state index contributed by atoms with van der Waals surface area (Å²) in [5.74, 6) is 5.69. The average Bonchev–Trinajstić information content (AvgIpc) is 3.16. The van der Waals surface area contributed by atoms with E-state index in [0.717, 1.165) is 11.3 Å². The molecular weight excluding hydrogens is 286 g/mol. The van der Waals surface area contributed by atoms with Crippen molar-refractivity contribution in [2.45, 2.75) is 44.2 Å². The van der Waals surface area contributed by atoms with E-state index in [-0.39, 0.29) is 6.04 Å². The number of hydrogen-bond donors (Lipinski definition) is 2. The van der Waals surface area contributed by atoms with Crippen molar-refractivity contribution in [1.82, 2.24) is 20.2 Å². The Hall–Kier alpha value is -1.43. The molecule has 0 radical (unpaired) electrons. The van der Waals surface area contributed by atoms with Gasteiger partial charge in [0.1, 0.15) is 0 Å². The molecule has 1 fully saturated rings. The van der Waals surface area contributed by atoms with Gasteiger partial charge in [0, 0.05) is 25.0 Å². The minimum absolute atomic E-state index is 0.0626. The van der Waals surface area contributed by atoms with Gasteiger partial charge in [-0.3, -0.25) is 20.9 Å². The number of nitrogens with two attached hydrogens (primary N) is 1. The molecule has 1 unspecified atom stereocenters. The second-order valence-corrected chi connectivity index (χ2v) is 5.95. The number of pyridine rings is 1. The van der Waals surface area contributed by atoms with Crippen molar-refractivity contribution >= 4 is 11.6 Å². The first-order chi connectivity index (χ1) is 10.3. The number of hydrogen-bond acceptors (Lipinski definition) is 4. The molecule has 2 aromatic heterocycles. The van der Waals surface area contributed by atoms with Gasteiger partial charge in [-0.05, 0) is 30.5 Å². The van der Waals surface area contributed by atoms with Crippen LogP contribution in [0.4, 0.5) is 0 Å². The number of halogens is 1. The van der Waals surface area contributed by atoms with Crippen molar-refractivity contribution in [2.75, 3.05) is 0 Å². The summed E-state index contributed by atoms with van der Waals surface area (Å²) < 4.78 is 2.10. The van der Waals surface area contributed by atoms with Gasteiger partial charge in [0.2, 0.25) is 0 Å². The normalized spacial score (nSPS) is 17.2. The van der Waals surface area contributed by atoms with Crippen LogP contribution in [-0.2, 0) is 6.42 Å². The monoisotopic (exact) mass is 305 g/mol. The maximum Gasteiger partial charge on any atom is 0.0644 e. The van der Waals surface area contributed by atoms with Gasteiger partial charge in [0.15, 0.2) is 0 Å². The van der Waals surface area contributed by atoms with Gasteiger partial charge in [0.25, 0.3) is 0 Å². The Balaban J connectivity index is 1.74. The van der Waals surface area contributed by atoms with E-state index < -0.39 is 0 Å².